The molecule has 0 aromatic heterocycles. The summed E-state index contributed by atoms with van der Waals surface area (Å²) in [5, 5.41) is 0. The van der Waals surface area contributed by atoms with Crippen molar-refractivity contribution in [1.29, 1.82) is 0 Å². The van der Waals surface area contributed by atoms with Gasteiger partial charge in [-0.1, -0.05) is 27.2 Å². The largest absolute Gasteiger partial charge is 0.449 e. The minimum absolute atomic E-state index is 0.0791. The summed E-state index contributed by atoms with van der Waals surface area (Å²) in [7, 11) is -2.62. The lowest BCUT2D eigenvalue weighted by Crippen LogP contribution is -2.61. The van der Waals surface area contributed by atoms with Crippen LogP contribution in [0.3, 0.4) is 0 Å². The number of rotatable bonds is 7. The number of carbonyl (C=O) groups excluding carboxylic acids is 1. The van der Waals surface area contributed by atoms with Gasteiger partial charge in [-0.2, -0.15) is 13.2 Å². The average Bonchev–Trinajstić information content (AvgIpc) is 2.76. The zero-order valence-electron chi connectivity index (χ0n) is 15.9. The summed E-state index contributed by atoms with van der Waals surface area (Å²) in [5.41, 5.74) is 0. The number of carbonyl (C=O) groups is 1. The highest BCUT2D eigenvalue weighted by molar-refractivity contribution is 6.69. The highest BCUT2D eigenvalue weighted by atomic mass is 28.4. The zero-order chi connectivity index (χ0) is 19.5. The molecule has 0 aliphatic carbocycles. The maximum Gasteiger partial charge on any atom is 0.444 e. The Bertz CT molecular complexity index is 454. The number of ether oxygens (including phenoxy) is 2. The van der Waals surface area contributed by atoms with Gasteiger partial charge in [0.2, 0.25) is 0 Å². The van der Waals surface area contributed by atoms with E-state index in [0.717, 1.165) is 11.3 Å². The summed E-state index contributed by atoms with van der Waals surface area (Å²) in [5.74, 6) is -2.88. The van der Waals surface area contributed by atoms with Crippen molar-refractivity contribution in [2.75, 3.05) is 13.3 Å². The molecule has 2 unspecified atom stereocenters. The van der Waals surface area contributed by atoms with Crippen molar-refractivity contribution in [1.82, 2.24) is 4.90 Å². The van der Waals surface area contributed by atoms with Crippen LogP contribution >= 0.6 is 0 Å². The van der Waals surface area contributed by atoms with Gasteiger partial charge in [0.05, 0.1) is 6.61 Å². The Kier molecular flexibility index (Phi) is 7.35. The SMILES string of the molecule is CCCCOC(=O)N1COC(O[Si](C)(C)C)(C(F)(F)F)C1CC(C)C. The predicted octanol–water partition coefficient (Wildman–Crippen LogP) is 4.74. The fourth-order valence-corrected chi connectivity index (χ4v) is 3.95. The molecule has 5 nitrogen and oxygen atoms in total. The fraction of sp³-hybridized carbons (Fsp3) is 0.938. The van der Waals surface area contributed by atoms with E-state index in [0.29, 0.717) is 6.42 Å². The summed E-state index contributed by atoms with van der Waals surface area (Å²) in [4.78, 5) is 13.3. The second-order valence-corrected chi connectivity index (χ2v) is 12.2. The Hall–Kier alpha value is -0.803. The van der Waals surface area contributed by atoms with Crippen LogP contribution in [0.4, 0.5) is 18.0 Å². The standard InChI is InChI=1S/C16H30F3NO4Si/c1-7-8-9-22-14(21)20-11-23-15(16(17,18)19,24-25(4,5)6)13(20)10-12(2)3/h12-13H,7-11H2,1-6H3. The molecule has 1 aliphatic heterocycles. The van der Waals surface area contributed by atoms with Gasteiger partial charge in [-0.15, -0.1) is 0 Å². The zero-order valence-corrected chi connectivity index (χ0v) is 16.9. The number of unbranched alkanes of at least 4 members (excludes halogenated alkanes) is 1. The third-order valence-corrected chi connectivity index (χ3v) is 4.65. The average molecular weight is 385 g/mol. The molecule has 1 fully saturated rings. The number of amides is 1. The lowest BCUT2D eigenvalue weighted by molar-refractivity contribution is -0.346. The number of nitrogens with zero attached hydrogens (tertiary/aromatic N) is 1. The first-order valence-electron chi connectivity index (χ1n) is 8.68. The van der Waals surface area contributed by atoms with Gasteiger partial charge < -0.3 is 13.9 Å². The maximum absolute atomic E-state index is 14.0. The van der Waals surface area contributed by atoms with E-state index in [1.807, 2.05) is 6.92 Å². The topological polar surface area (TPSA) is 48.0 Å². The van der Waals surface area contributed by atoms with E-state index in [2.05, 4.69) is 0 Å². The van der Waals surface area contributed by atoms with Crippen molar-refractivity contribution in [2.24, 2.45) is 5.92 Å². The quantitative estimate of drug-likeness (QED) is 0.469. The molecule has 0 bridgehead atoms. The first-order valence-corrected chi connectivity index (χ1v) is 12.1. The van der Waals surface area contributed by atoms with Gasteiger partial charge in [0.25, 0.3) is 5.79 Å². The molecule has 148 valence electrons. The van der Waals surface area contributed by atoms with Crippen molar-refractivity contribution < 1.29 is 31.9 Å². The molecule has 0 aromatic carbocycles. The van der Waals surface area contributed by atoms with Gasteiger partial charge in [-0.05, 0) is 38.4 Å². The van der Waals surface area contributed by atoms with Crippen LogP contribution in [0.2, 0.25) is 19.6 Å². The third kappa shape index (κ3) is 5.59. The van der Waals surface area contributed by atoms with Crippen molar-refractivity contribution in [2.45, 2.75) is 77.7 Å². The fourth-order valence-electron chi connectivity index (χ4n) is 2.73. The van der Waals surface area contributed by atoms with E-state index >= 15 is 0 Å². The van der Waals surface area contributed by atoms with Crippen molar-refractivity contribution in [3.8, 4) is 0 Å². The van der Waals surface area contributed by atoms with Crippen LogP contribution in [-0.2, 0) is 13.9 Å². The number of alkyl halides is 3. The molecule has 0 saturated carbocycles. The lowest BCUT2D eigenvalue weighted by Gasteiger charge is -2.41. The van der Waals surface area contributed by atoms with E-state index in [-0.39, 0.29) is 18.9 Å². The van der Waals surface area contributed by atoms with Crippen LogP contribution in [0.1, 0.15) is 40.0 Å². The van der Waals surface area contributed by atoms with Crippen LogP contribution in [0.5, 0.6) is 0 Å². The highest BCUT2D eigenvalue weighted by Crippen LogP contribution is 2.47. The second-order valence-electron chi connectivity index (χ2n) is 7.74. The summed E-state index contributed by atoms with van der Waals surface area (Å²) in [6.45, 7) is 10.2. The molecule has 1 amide bonds. The van der Waals surface area contributed by atoms with Crippen LogP contribution < -0.4 is 0 Å². The summed E-state index contributed by atoms with van der Waals surface area (Å²) in [6, 6.07) is -1.27. The molecule has 1 rings (SSSR count). The minimum Gasteiger partial charge on any atom is -0.449 e. The van der Waals surface area contributed by atoms with Crippen LogP contribution in [0.15, 0.2) is 0 Å². The van der Waals surface area contributed by atoms with Crippen molar-refractivity contribution >= 4 is 14.4 Å². The molecule has 2 atom stereocenters. The predicted molar refractivity (Wildman–Crippen MR) is 90.5 cm³/mol. The Morgan fingerprint density at radius 3 is 2.40 bits per heavy atom. The summed E-state index contributed by atoms with van der Waals surface area (Å²) in [6.07, 6.45) is -3.96. The minimum atomic E-state index is -4.76. The van der Waals surface area contributed by atoms with Crippen LogP contribution in [0.25, 0.3) is 0 Å². The first kappa shape index (κ1) is 22.2. The Morgan fingerprint density at radius 2 is 1.96 bits per heavy atom. The maximum atomic E-state index is 14.0. The van der Waals surface area contributed by atoms with Gasteiger partial charge in [-0.25, -0.2) is 4.79 Å². The number of hydrogen-bond donors (Lipinski definition) is 0. The molecular weight excluding hydrogens is 355 g/mol. The van der Waals surface area contributed by atoms with E-state index in [1.54, 1.807) is 33.5 Å². The Morgan fingerprint density at radius 1 is 1.36 bits per heavy atom. The number of halogens is 3. The van der Waals surface area contributed by atoms with Crippen LogP contribution in [-0.4, -0.2) is 50.7 Å². The summed E-state index contributed by atoms with van der Waals surface area (Å²) < 4.78 is 57.7. The molecule has 9 heteroatoms. The van der Waals surface area contributed by atoms with Gasteiger partial charge in [0.15, 0.2) is 8.32 Å². The van der Waals surface area contributed by atoms with E-state index < -0.39 is 39.1 Å². The Balaban J connectivity index is 3.16. The van der Waals surface area contributed by atoms with E-state index in [1.165, 1.54) is 0 Å². The van der Waals surface area contributed by atoms with Crippen molar-refractivity contribution in [3.63, 3.8) is 0 Å². The molecule has 25 heavy (non-hydrogen) atoms. The monoisotopic (exact) mass is 385 g/mol. The van der Waals surface area contributed by atoms with E-state index in [4.69, 9.17) is 13.9 Å². The molecule has 0 spiro atoms. The van der Waals surface area contributed by atoms with Crippen molar-refractivity contribution in [3.05, 3.63) is 0 Å². The van der Waals surface area contributed by atoms with Gasteiger partial charge in [-0.3, -0.25) is 4.90 Å². The normalized spacial score (nSPS) is 24.9. The molecule has 0 N–H and O–H groups in total. The number of hydrogen-bond acceptors (Lipinski definition) is 4. The highest BCUT2D eigenvalue weighted by Gasteiger charge is 2.69. The second kappa shape index (κ2) is 8.26. The van der Waals surface area contributed by atoms with Crippen LogP contribution in [0, 0.1) is 5.92 Å². The van der Waals surface area contributed by atoms with Gasteiger partial charge in [0.1, 0.15) is 12.8 Å². The molecule has 1 heterocycles. The van der Waals surface area contributed by atoms with E-state index in [9.17, 15) is 18.0 Å². The van der Waals surface area contributed by atoms with Gasteiger partial charge in [0, 0.05) is 0 Å². The molecule has 0 radical (unpaired) electrons. The van der Waals surface area contributed by atoms with Gasteiger partial charge >= 0.3 is 12.3 Å². The third-order valence-electron chi connectivity index (χ3n) is 3.74. The molecule has 1 saturated heterocycles. The molecular formula is C16H30F3NO4Si. The first-order chi connectivity index (χ1) is 11.3. The summed E-state index contributed by atoms with van der Waals surface area (Å²) >= 11 is 0. The lowest BCUT2D eigenvalue weighted by atomic mass is 9.96. The molecule has 0 aromatic rings. The Labute approximate surface area is 148 Å². The molecule has 1 aliphatic rings. The smallest absolute Gasteiger partial charge is 0.444 e.